The van der Waals surface area contributed by atoms with Gasteiger partial charge in [0.2, 0.25) is 0 Å². The number of rotatable bonds is 5. The molecule has 2 N–H and O–H groups in total. The van der Waals surface area contributed by atoms with Gasteiger partial charge in [-0.05, 0) is 50.5 Å². The van der Waals surface area contributed by atoms with Crippen LogP contribution in [0, 0.1) is 5.41 Å². The SMILES string of the molecule is CCOC(=O)C(C)(C)Cc1ccc(N)cc1CF. The summed E-state index contributed by atoms with van der Waals surface area (Å²) in [6, 6.07) is 5.09. The molecule has 18 heavy (non-hydrogen) atoms. The van der Waals surface area contributed by atoms with Gasteiger partial charge in [-0.1, -0.05) is 6.07 Å². The number of alkyl halides is 1. The van der Waals surface area contributed by atoms with Crippen molar-refractivity contribution in [3.05, 3.63) is 29.3 Å². The molecule has 0 aliphatic heterocycles. The Labute approximate surface area is 107 Å². The number of benzene rings is 1. The predicted molar refractivity (Wildman–Crippen MR) is 69.8 cm³/mol. The number of carbonyl (C=O) groups is 1. The third kappa shape index (κ3) is 3.45. The molecule has 0 bridgehead atoms. The van der Waals surface area contributed by atoms with Crippen LogP contribution in [0.4, 0.5) is 10.1 Å². The first-order chi connectivity index (χ1) is 8.40. The van der Waals surface area contributed by atoms with Gasteiger partial charge >= 0.3 is 5.97 Å². The van der Waals surface area contributed by atoms with E-state index in [1.165, 1.54) is 0 Å². The van der Waals surface area contributed by atoms with Crippen molar-refractivity contribution in [1.29, 1.82) is 0 Å². The molecule has 0 aromatic heterocycles. The van der Waals surface area contributed by atoms with Crippen LogP contribution in [0.5, 0.6) is 0 Å². The molecular weight excluding hydrogens is 233 g/mol. The van der Waals surface area contributed by atoms with E-state index in [0.717, 1.165) is 5.56 Å². The summed E-state index contributed by atoms with van der Waals surface area (Å²) in [5.41, 5.74) is 6.80. The molecule has 3 nitrogen and oxygen atoms in total. The molecule has 0 amide bonds. The van der Waals surface area contributed by atoms with Crippen molar-refractivity contribution >= 4 is 11.7 Å². The van der Waals surface area contributed by atoms with Gasteiger partial charge in [0.05, 0.1) is 12.0 Å². The molecule has 0 saturated heterocycles. The number of hydrogen-bond acceptors (Lipinski definition) is 3. The second-order valence-corrected chi connectivity index (χ2v) is 4.94. The van der Waals surface area contributed by atoms with Gasteiger partial charge in [-0.2, -0.15) is 0 Å². The Bertz CT molecular complexity index is 430. The molecule has 0 fully saturated rings. The lowest BCUT2D eigenvalue weighted by Crippen LogP contribution is -2.29. The number of carbonyl (C=O) groups excluding carboxylic acids is 1. The maximum absolute atomic E-state index is 12.9. The summed E-state index contributed by atoms with van der Waals surface area (Å²) < 4.78 is 17.9. The summed E-state index contributed by atoms with van der Waals surface area (Å²) in [6.07, 6.45) is 0.436. The van der Waals surface area contributed by atoms with E-state index in [0.29, 0.717) is 24.3 Å². The first-order valence-electron chi connectivity index (χ1n) is 6.01. The molecule has 1 aromatic carbocycles. The Balaban J connectivity index is 2.93. The molecule has 1 aromatic rings. The van der Waals surface area contributed by atoms with Gasteiger partial charge in [0.1, 0.15) is 6.67 Å². The summed E-state index contributed by atoms with van der Waals surface area (Å²) >= 11 is 0. The van der Waals surface area contributed by atoms with Crippen molar-refractivity contribution in [3.63, 3.8) is 0 Å². The van der Waals surface area contributed by atoms with Crippen molar-refractivity contribution < 1.29 is 13.9 Å². The van der Waals surface area contributed by atoms with Gasteiger partial charge in [-0.25, -0.2) is 4.39 Å². The molecule has 0 saturated carbocycles. The maximum atomic E-state index is 12.9. The monoisotopic (exact) mass is 253 g/mol. The van der Waals surface area contributed by atoms with Crippen LogP contribution in [-0.2, 0) is 22.6 Å². The van der Waals surface area contributed by atoms with Crippen LogP contribution in [0.2, 0.25) is 0 Å². The second-order valence-electron chi connectivity index (χ2n) is 4.94. The standard InChI is InChI=1S/C14H20FNO2/c1-4-18-13(17)14(2,3)8-10-5-6-12(16)7-11(10)9-15/h5-7H,4,8-9,16H2,1-3H3. The molecule has 4 heteroatoms. The van der Waals surface area contributed by atoms with Crippen LogP contribution in [0.1, 0.15) is 31.9 Å². The summed E-state index contributed by atoms with van der Waals surface area (Å²) in [4.78, 5) is 11.8. The summed E-state index contributed by atoms with van der Waals surface area (Å²) in [5.74, 6) is -0.272. The van der Waals surface area contributed by atoms with Crippen LogP contribution in [0.15, 0.2) is 18.2 Å². The minimum absolute atomic E-state index is 0.272. The Kier molecular flexibility index (Phi) is 4.70. The largest absolute Gasteiger partial charge is 0.466 e. The second kappa shape index (κ2) is 5.85. The number of halogens is 1. The molecule has 0 atom stereocenters. The van der Waals surface area contributed by atoms with Crippen LogP contribution >= 0.6 is 0 Å². The van der Waals surface area contributed by atoms with E-state index >= 15 is 0 Å². The minimum Gasteiger partial charge on any atom is -0.466 e. The molecule has 0 aliphatic carbocycles. The number of nitrogen functional groups attached to an aromatic ring is 1. The van der Waals surface area contributed by atoms with E-state index in [4.69, 9.17) is 10.5 Å². The third-order valence-corrected chi connectivity index (χ3v) is 2.83. The van der Waals surface area contributed by atoms with E-state index < -0.39 is 12.1 Å². The average Bonchev–Trinajstić information content (AvgIpc) is 2.31. The summed E-state index contributed by atoms with van der Waals surface area (Å²) in [6.45, 7) is 5.12. The number of anilines is 1. The fourth-order valence-electron chi connectivity index (χ4n) is 1.82. The van der Waals surface area contributed by atoms with Gasteiger partial charge < -0.3 is 10.5 Å². The first kappa shape index (κ1) is 14.5. The molecule has 1 rings (SSSR count). The first-order valence-corrected chi connectivity index (χ1v) is 6.01. The summed E-state index contributed by atoms with van der Waals surface area (Å²) in [5, 5.41) is 0. The number of esters is 1. The van der Waals surface area contributed by atoms with Crippen LogP contribution < -0.4 is 5.73 Å². The fraction of sp³-hybridized carbons (Fsp3) is 0.500. The van der Waals surface area contributed by atoms with Crippen LogP contribution in [0.25, 0.3) is 0 Å². The molecule has 0 radical (unpaired) electrons. The van der Waals surface area contributed by atoms with Crippen LogP contribution in [0.3, 0.4) is 0 Å². The summed E-state index contributed by atoms with van der Waals surface area (Å²) in [7, 11) is 0. The normalized spacial score (nSPS) is 11.3. The smallest absolute Gasteiger partial charge is 0.311 e. The Morgan fingerprint density at radius 3 is 2.61 bits per heavy atom. The average molecular weight is 253 g/mol. The zero-order chi connectivity index (χ0) is 13.8. The highest BCUT2D eigenvalue weighted by molar-refractivity contribution is 5.76. The van der Waals surface area contributed by atoms with Gasteiger partial charge in [0.15, 0.2) is 0 Å². The zero-order valence-electron chi connectivity index (χ0n) is 11.1. The van der Waals surface area contributed by atoms with Gasteiger partial charge in [0, 0.05) is 5.69 Å². The third-order valence-electron chi connectivity index (χ3n) is 2.83. The Morgan fingerprint density at radius 1 is 1.39 bits per heavy atom. The van der Waals surface area contributed by atoms with Crippen molar-refractivity contribution in [2.45, 2.75) is 33.9 Å². The van der Waals surface area contributed by atoms with Crippen molar-refractivity contribution in [2.24, 2.45) is 5.41 Å². The van der Waals surface area contributed by atoms with Crippen molar-refractivity contribution in [1.82, 2.24) is 0 Å². The van der Waals surface area contributed by atoms with E-state index in [2.05, 4.69) is 0 Å². The predicted octanol–water partition coefficient (Wildman–Crippen LogP) is 2.87. The van der Waals surface area contributed by atoms with E-state index in [1.54, 1.807) is 39.0 Å². The highest BCUT2D eigenvalue weighted by Crippen LogP contribution is 2.27. The molecular formula is C14H20FNO2. The molecule has 0 unspecified atom stereocenters. The van der Waals surface area contributed by atoms with E-state index in [9.17, 15) is 9.18 Å². The minimum atomic E-state index is -0.671. The number of nitrogens with two attached hydrogens (primary N) is 1. The van der Waals surface area contributed by atoms with Crippen molar-refractivity contribution in [3.8, 4) is 0 Å². The van der Waals surface area contributed by atoms with Crippen molar-refractivity contribution in [2.75, 3.05) is 12.3 Å². The topological polar surface area (TPSA) is 52.3 Å². The molecule has 0 aliphatic rings. The molecule has 0 heterocycles. The lowest BCUT2D eigenvalue weighted by atomic mass is 9.84. The van der Waals surface area contributed by atoms with E-state index in [1.807, 2.05) is 0 Å². The fourth-order valence-corrected chi connectivity index (χ4v) is 1.82. The highest BCUT2D eigenvalue weighted by atomic mass is 19.1. The van der Waals surface area contributed by atoms with Gasteiger partial charge in [-0.15, -0.1) is 0 Å². The zero-order valence-corrected chi connectivity index (χ0v) is 11.1. The van der Waals surface area contributed by atoms with Gasteiger partial charge in [-0.3, -0.25) is 4.79 Å². The van der Waals surface area contributed by atoms with E-state index in [-0.39, 0.29) is 5.97 Å². The maximum Gasteiger partial charge on any atom is 0.311 e. The van der Waals surface area contributed by atoms with Crippen LogP contribution in [-0.4, -0.2) is 12.6 Å². The quantitative estimate of drug-likeness (QED) is 0.648. The Hall–Kier alpha value is -1.58. The highest BCUT2D eigenvalue weighted by Gasteiger charge is 2.30. The van der Waals surface area contributed by atoms with Gasteiger partial charge in [0.25, 0.3) is 0 Å². The Morgan fingerprint density at radius 2 is 2.06 bits per heavy atom. The number of hydrogen-bond donors (Lipinski definition) is 1. The molecule has 0 spiro atoms. The lowest BCUT2D eigenvalue weighted by Gasteiger charge is -2.23. The lowest BCUT2D eigenvalue weighted by molar-refractivity contribution is -0.153. The molecule has 100 valence electrons. The number of ether oxygens (including phenoxy) is 1.